The average Bonchev–Trinajstić information content (AvgIpc) is 2.67. The Labute approximate surface area is 166 Å². The van der Waals surface area contributed by atoms with Crippen molar-refractivity contribution >= 4 is 17.4 Å². The van der Waals surface area contributed by atoms with Gasteiger partial charge in [0.25, 0.3) is 0 Å². The normalized spacial score (nSPS) is 20.1. The molecular formula is C23H20F3NO2. The van der Waals surface area contributed by atoms with Crippen LogP contribution in [0.15, 0.2) is 59.8 Å². The van der Waals surface area contributed by atoms with Crippen LogP contribution < -0.4 is 4.90 Å². The van der Waals surface area contributed by atoms with Crippen molar-refractivity contribution in [3.8, 4) is 0 Å². The molecule has 150 valence electrons. The van der Waals surface area contributed by atoms with Gasteiger partial charge >= 0.3 is 6.18 Å². The lowest BCUT2D eigenvalue weighted by Crippen LogP contribution is -2.40. The Morgan fingerprint density at radius 2 is 1.76 bits per heavy atom. The van der Waals surface area contributed by atoms with Gasteiger partial charge in [0.1, 0.15) is 0 Å². The zero-order valence-electron chi connectivity index (χ0n) is 15.9. The number of carbonyl (C=O) groups is 2. The van der Waals surface area contributed by atoms with Gasteiger partial charge in [-0.2, -0.15) is 13.2 Å². The van der Waals surface area contributed by atoms with E-state index in [0.717, 1.165) is 23.3 Å². The SMILES string of the molecule is Cc1ccccc1C1CC(=O)N(c2cccc(C(F)(F)F)c2)C2=C1C(=O)CCC2. The molecule has 0 saturated carbocycles. The highest BCUT2D eigenvalue weighted by atomic mass is 19.4. The molecular weight excluding hydrogens is 379 g/mol. The van der Waals surface area contributed by atoms with E-state index in [4.69, 9.17) is 0 Å². The van der Waals surface area contributed by atoms with Crippen molar-refractivity contribution < 1.29 is 22.8 Å². The number of amides is 1. The van der Waals surface area contributed by atoms with Crippen molar-refractivity contribution in [3.63, 3.8) is 0 Å². The smallest absolute Gasteiger partial charge is 0.294 e. The van der Waals surface area contributed by atoms with Crippen LogP contribution >= 0.6 is 0 Å². The van der Waals surface area contributed by atoms with E-state index in [1.165, 1.54) is 17.0 Å². The Morgan fingerprint density at radius 1 is 1.00 bits per heavy atom. The number of allylic oxidation sites excluding steroid dienone is 2. The van der Waals surface area contributed by atoms with Gasteiger partial charge < -0.3 is 0 Å². The topological polar surface area (TPSA) is 37.4 Å². The molecule has 1 atom stereocenters. The minimum absolute atomic E-state index is 0.0241. The van der Waals surface area contributed by atoms with E-state index in [1.54, 1.807) is 0 Å². The second kappa shape index (κ2) is 7.17. The fourth-order valence-electron chi connectivity index (χ4n) is 4.36. The van der Waals surface area contributed by atoms with Crippen LogP contribution in [0.4, 0.5) is 18.9 Å². The molecule has 0 bridgehead atoms. The second-order valence-corrected chi connectivity index (χ2v) is 7.53. The summed E-state index contributed by atoms with van der Waals surface area (Å²) in [6.07, 6.45) is -2.97. The molecule has 2 aromatic rings. The lowest BCUT2D eigenvalue weighted by Gasteiger charge is -2.38. The van der Waals surface area contributed by atoms with Crippen LogP contribution in [0.5, 0.6) is 0 Å². The maximum atomic E-state index is 13.2. The summed E-state index contributed by atoms with van der Waals surface area (Å²) >= 11 is 0. The van der Waals surface area contributed by atoms with Gasteiger partial charge in [-0.15, -0.1) is 0 Å². The first-order valence-electron chi connectivity index (χ1n) is 9.59. The molecule has 0 spiro atoms. The largest absolute Gasteiger partial charge is 0.416 e. The van der Waals surface area contributed by atoms with Gasteiger partial charge in [-0.1, -0.05) is 30.3 Å². The third-order valence-corrected chi connectivity index (χ3v) is 5.67. The number of hydrogen-bond donors (Lipinski definition) is 0. The molecule has 29 heavy (non-hydrogen) atoms. The summed E-state index contributed by atoms with van der Waals surface area (Å²) in [7, 11) is 0. The van der Waals surface area contributed by atoms with Crippen LogP contribution in [-0.2, 0) is 15.8 Å². The van der Waals surface area contributed by atoms with Crippen LogP contribution in [0.2, 0.25) is 0 Å². The van der Waals surface area contributed by atoms with E-state index in [1.807, 2.05) is 31.2 Å². The van der Waals surface area contributed by atoms with Crippen LogP contribution in [0.3, 0.4) is 0 Å². The van der Waals surface area contributed by atoms with E-state index in [2.05, 4.69) is 0 Å². The number of benzene rings is 2. The Morgan fingerprint density at radius 3 is 2.48 bits per heavy atom. The van der Waals surface area contributed by atoms with Crippen LogP contribution in [-0.4, -0.2) is 11.7 Å². The molecule has 0 fully saturated rings. The van der Waals surface area contributed by atoms with Crippen molar-refractivity contribution in [1.82, 2.24) is 0 Å². The third kappa shape index (κ3) is 3.48. The van der Waals surface area contributed by atoms with E-state index in [0.29, 0.717) is 30.5 Å². The fraction of sp³-hybridized carbons (Fsp3) is 0.304. The summed E-state index contributed by atoms with van der Waals surface area (Å²) in [5.41, 5.74) is 2.38. The van der Waals surface area contributed by atoms with E-state index in [9.17, 15) is 22.8 Å². The quantitative estimate of drug-likeness (QED) is 0.665. The van der Waals surface area contributed by atoms with Gasteiger partial charge in [0.05, 0.1) is 5.56 Å². The third-order valence-electron chi connectivity index (χ3n) is 5.67. The second-order valence-electron chi connectivity index (χ2n) is 7.53. The number of anilines is 1. The average molecular weight is 399 g/mol. The first-order chi connectivity index (χ1) is 13.8. The molecule has 2 aromatic carbocycles. The van der Waals surface area contributed by atoms with Crippen molar-refractivity contribution in [2.75, 3.05) is 4.90 Å². The first-order valence-corrected chi connectivity index (χ1v) is 9.59. The van der Waals surface area contributed by atoms with Gasteiger partial charge in [0.2, 0.25) is 5.91 Å². The number of alkyl halides is 3. The molecule has 1 amide bonds. The molecule has 0 aromatic heterocycles. The molecule has 3 nitrogen and oxygen atoms in total. The Hall–Kier alpha value is -2.89. The van der Waals surface area contributed by atoms with Gasteiger partial charge in [-0.3, -0.25) is 14.5 Å². The number of nitrogens with zero attached hydrogens (tertiary/aromatic N) is 1. The molecule has 1 aliphatic heterocycles. The highest BCUT2D eigenvalue weighted by Gasteiger charge is 2.40. The molecule has 1 aliphatic carbocycles. The molecule has 2 aliphatic rings. The minimum atomic E-state index is -4.50. The Bertz CT molecular complexity index is 1020. The first kappa shape index (κ1) is 19.4. The maximum Gasteiger partial charge on any atom is 0.416 e. The van der Waals surface area contributed by atoms with E-state index in [-0.39, 0.29) is 29.7 Å². The summed E-state index contributed by atoms with van der Waals surface area (Å²) < 4.78 is 39.6. The highest BCUT2D eigenvalue weighted by molar-refractivity contribution is 6.07. The van der Waals surface area contributed by atoms with E-state index >= 15 is 0 Å². The van der Waals surface area contributed by atoms with Crippen LogP contribution in [0, 0.1) is 6.92 Å². The molecule has 1 unspecified atom stereocenters. The highest BCUT2D eigenvalue weighted by Crippen LogP contribution is 2.44. The molecule has 4 rings (SSSR count). The summed E-state index contributed by atoms with van der Waals surface area (Å²) in [4.78, 5) is 27.3. The minimum Gasteiger partial charge on any atom is -0.294 e. The zero-order chi connectivity index (χ0) is 20.8. The predicted octanol–water partition coefficient (Wildman–Crippen LogP) is 5.54. The zero-order valence-corrected chi connectivity index (χ0v) is 15.9. The summed E-state index contributed by atoms with van der Waals surface area (Å²) in [5, 5.41) is 0. The number of rotatable bonds is 2. The molecule has 0 radical (unpaired) electrons. The van der Waals surface area contributed by atoms with Gasteiger partial charge in [0.15, 0.2) is 5.78 Å². The Kier molecular flexibility index (Phi) is 4.81. The lowest BCUT2D eigenvalue weighted by atomic mass is 9.76. The number of Topliss-reactive ketones (excluding diaryl/α,β-unsaturated/α-hetero) is 1. The van der Waals surface area contributed by atoms with Gasteiger partial charge in [-0.25, -0.2) is 0 Å². The number of aryl methyl sites for hydroxylation is 1. The van der Waals surface area contributed by atoms with Gasteiger partial charge in [0, 0.05) is 35.7 Å². The summed E-state index contributed by atoms with van der Waals surface area (Å²) in [6.45, 7) is 1.94. The maximum absolute atomic E-state index is 13.2. The van der Waals surface area contributed by atoms with Crippen LogP contribution in [0.1, 0.15) is 48.3 Å². The molecule has 0 N–H and O–H groups in total. The van der Waals surface area contributed by atoms with Crippen LogP contribution in [0.25, 0.3) is 0 Å². The summed E-state index contributed by atoms with van der Waals surface area (Å²) in [5.74, 6) is -0.663. The van der Waals surface area contributed by atoms with Crippen molar-refractivity contribution in [2.24, 2.45) is 0 Å². The lowest BCUT2D eigenvalue weighted by molar-refractivity contribution is -0.137. The number of carbonyl (C=O) groups excluding carboxylic acids is 2. The number of ketones is 1. The van der Waals surface area contributed by atoms with Gasteiger partial charge in [-0.05, 0) is 49.1 Å². The molecule has 1 heterocycles. The molecule has 0 saturated heterocycles. The Balaban J connectivity index is 1.87. The van der Waals surface area contributed by atoms with E-state index < -0.39 is 11.7 Å². The standard InChI is InChI=1S/C23H20F3NO2/c1-14-6-2-3-9-17(14)18-13-21(29)27(19-10-5-11-20(28)22(18)19)16-8-4-7-15(12-16)23(24,25)26/h2-4,6-9,12,18H,5,10-11,13H2,1H3. The monoisotopic (exact) mass is 399 g/mol. The van der Waals surface area contributed by atoms with Crippen molar-refractivity contribution in [2.45, 2.75) is 44.7 Å². The fourth-order valence-corrected chi connectivity index (χ4v) is 4.36. The predicted molar refractivity (Wildman–Crippen MR) is 103 cm³/mol. The molecule has 6 heteroatoms. The number of halogens is 3. The summed E-state index contributed by atoms with van der Waals surface area (Å²) in [6, 6.07) is 12.4. The van der Waals surface area contributed by atoms with Crippen molar-refractivity contribution in [1.29, 1.82) is 0 Å². The number of hydrogen-bond acceptors (Lipinski definition) is 2. The van der Waals surface area contributed by atoms with Crippen molar-refractivity contribution in [3.05, 3.63) is 76.5 Å².